The van der Waals surface area contributed by atoms with Crippen molar-refractivity contribution in [2.24, 2.45) is 4.99 Å². The molecule has 1 N–H and O–H groups in total. The second-order valence-corrected chi connectivity index (χ2v) is 8.25. The van der Waals surface area contributed by atoms with E-state index in [1.54, 1.807) is 17.8 Å². The number of nitrogens with zero attached hydrogens (tertiary/aromatic N) is 2. The number of aliphatic hydroxyl groups is 1. The molecule has 2 heterocycles. The standard InChI is InChI=1S/C21H20N2O2S/c1-21(2)19(24)18(16-12-14(22-3)8-9-17(16)25-21)26-20-15-7-5-4-6-13(15)10-11-23-20/h4-9,12,18-19,24H,10-11H2,1-2H3/t18-,19+/m1/s1. The van der Waals surface area contributed by atoms with Gasteiger partial charge in [-0.3, -0.25) is 4.99 Å². The summed E-state index contributed by atoms with van der Waals surface area (Å²) in [7, 11) is 0. The number of fused-ring (bicyclic) bond motifs is 2. The van der Waals surface area contributed by atoms with E-state index in [1.807, 2.05) is 32.0 Å². The normalized spacial score (nSPS) is 23.1. The van der Waals surface area contributed by atoms with Gasteiger partial charge in [0.1, 0.15) is 17.5 Å². The molecule has 0 spiro atoms. The van der Waals surface area contributed by atoms with Crippen molar-refractivity contribution in [2.75, 3.05) is 6.54 Å². The molecule has 5 heteroatoms. The Morgan fingerprint density at radius 2 is 2.08 bits per heavy atom. The molecule has 0 saturated heterocycles. The summed E-state index contributed by atoms with van der Waals surface area (Å²) in [5.74, 6) is 0.731. The van der Waals surface area contributed by atoms with Crippen molar-refractivity contribution >= 4 is 22.5 Å². The Bertz CT molecular complexity index is 930. The molecule has 26 heavy (non-hydrogen) atoms. The third kappa shape index (κ3) is 2.90. The van der Waals surface area contributed by atoms with Crippen LogP contribution in [0.15, 0.2) is 47.5 Å². The Labute approximate surface area is 157 Å². The minimum atomic E-state index is -0.710. The average molecular weight is 364 g/mol. The second kappa shape index (κ2) is 6.46. The summed E-state index contributed by atoms with van der Waals surface area (Å²) >= 11 is 1.57. The van der Waals surface area contributed by atoms with Gasteiger partial charge in [-0.05, 0) is 43.5 Å². The van der Waals surface area contributed by atoms with Gasteiger partial charge in [-0.25, -0.2) is 4.85 Å². The zero-order chi connectivity index (χ0) is 18.3. The Balaban J connectivity index is 1.76. The fraction of sp³-hybridized carbons (Fsp3) is 0.333. The van der Waals surface area contributed by atoms with Crippen molar-refractivity contribution in [3.63, 3.8) is 0 Å². The predicted octanol–water partition coefficient (Wildman–Crippen LogP) is 4.55. The molecule has 2 atom stereocenters. The predicted molar refractivity (Wildman–Crippen MR) is 105 cm³/mol. The molecule has 2 aromatic rings. The summed E-state index contributed by atoms with van der Waals surface area (Å²) in [5, 5.41) is 11.7. The molecule has 2 aliphatic rings. The maximum atomic E-state index is 11.0. The molecular weight excluding hydrogens is 344 g/mol. The van der Waals surface area contributed by atoms with Crippen molar-refractivity contribution in [3.8, 4) is 5.75 Å². The lowest BCUT2D eigenvalue weighted by Crippen LogP contribution is -2.48. The van der Waals surface area contributed by atoms with Crippen molar-refractivity contribution in [3.05, 3.63) is 70.6 Å². The molecule has 0 unspecified atom stereocenters. The lowest BCUT2D eigenvalue weighted by Gasteiger charge is -2.42. The first-order chi connectivity index (χ1) is 12.5. The zero-order valence-corrected chi connectivity index (χ0v) is 15.6. The fourth-order valence-electron chi connectivity index (χ4n) is 3.46. The number of benzene rings is 2. The van der Waals surface area contributed by atoms with Gasteiger partial charge in [0, 0.05) is 12.1 Å². The molecule has 4 rings (SSSR count). The van der Waals surface area contributed by atoms with Crippen LogP contribution in [0.4, 0.5) is 5.69 Å². The van der Waals surface area contributed by atoms with E-state index in [4.69, 9.17) is 16.3 Å². The third-order valence-corrected chi connectivity index (χ3v) is 6.26. The lowest BCUT2D eigenvalue weighted by molar-refractivity contribution is -0.0427. The third-order valence-electron chi connectivity index (χ3n) is 4.92. The number of hydrogen-bond donors (Lipinski definition) is 1. The van der Waals surface area contributed by atoms with Gasteiger partial charge >= 0.3 is 0 Å². The van der Waals surface area contributed by atoms with Gasteiger partial charge in [0.15, 0.2) is 5.69 Å². The Morgan fingerprint density at radius 1 is 1.27 bits per heavy atom. The van der Waals surface area contributed by atoms with E-state index >= 15 is 0 Å². The monoisotopic (exact) mass is 364 g/mol. The Kier molecular flexibility index (Phi) is 4.26. The van der Waals surface area contributed by atoms with Gasteiger partial charge in [0.05, 0.1) is 16.9 Å². The first-order valence-corrected chi connectivity index (χ1v) is 9.55. The summed E-state index contributed by atoms with van der Waals surface area (Å²) in [6.45, 7) is 11.8. The highest BCUT2D eigenvalue weighted by molar-refractivity contribution is 8.14. The number of aliphatic hydroxyl groups excluding tert-OH is 1. The summed E-state index contributed by atoms with van der Waals surface area (Å²) in [5.41, 5.74) is 3.14. The smallest absolute Gasteiger partial charge is 0.187 e. The molecule has 0 aliphatic carbocycles. The van der Waals surface area contributed by atoms with Crippen molar-refractivity contribution in [1.29, 1.82) is 0 Å². The van der Waals surface area contributed by atoms with Crippen LogP contribution < -0.4 is 4.74 Å². The van der Waals surface area contributed by atoms with Crippen LogP contribution in [0.3, 0.4) is 0 Å². The molecule has 0 fully saturated rings. The van der Waals surface area contributed by atoms with Crippen LogP contribution in [0, 0.1) is 6.57 Å². The summed E-state index contributed by atoms with van der Waals surface area (Å²) in [6, 6.07) is 13.7. The SMILES string of the molecule is [C-]#[N+]c1ccc2c(c1)[C@@H](SC1=NCCc3ccccc31)[C@H](O)C(C)(C)O2. The van der Waals surface area contributed by atoms with Gasteiger partial charge in [0.2, 0.25) is 0 Å². The van der Waals surface area contributed by atoms with Crippen LogP contribution in [0.5, 0.6) is 5.75 Å². The zero-order valence-electron chi connectivity index (χ0n) is 14.8. The first kappa shape index (κ1) is 17.1. The molecule has 0 radical (unpaired) electrons. The second-order valence-electron chi connectivity index (χ2n) is 7.12. The van der Waals surface area contributed by atoms with Crippen molar-refractivity contribution < 1.29 is 9.84 Å². The van der Waals surface area contributed by atoms with Crippen LogP contribution in [0.2, 0.25) is 0 Å². The molecule has 132 valence electrons. The van der Waals surface area contributed by atoms with Crippen LogP contribution in [0.1, 0.15) is 35.8 Å². The number of ether oxygens (including phenoxy) is 1. The van der Waals surface area contributed by atoms with Crippen LogP contribution in [0.25, 0.3) is 4.85 Å². The van der Waals surface area contributed by atoms with Gasteiger partial charge in [-0.2, -0.15) is 0 Å². The first-order valence-electron chi connectivity index (χ1n) is 8.67. The molecule has 0 bridgehead atoms. The molecule has 0 saturated carbocycles. The van der Waals surface area contributed by atoms with E-state index in [0.29, 0.717) is 5.69 Å². The molecule has 2 aliphatic heterocycles. The Hall–Kier alpha value is -2.29. The number of hydrogen-bond acceptors (Lipinski definition) is 4. The number of rotatable bonds is 1. The van der Waals surface area contributed by atoms with Crippen LogP contribution in [-0.4, -0.2) is 28.4 Å². The van der Waals surface area contributed by atoms with Gasteiger partial charge in [0.25, 0.3) is 0 Å². The maximum Gasteiger partial charge on any atom is 0.187 e. The largest absolute Gasteiger partial charge is 0.485 e. The highest BCUT2D eigenvalue weighted by atomic mass is 32.2. The summed E-state index contributed by atoms with van der Waals surface area (Å²) in [6.07, 6.45) is 0.235. The van der Waals surface area contributed by atoms with Crippen LogP contribution >= 0.6 is 11.8 Å². The van der Waals surface area contributed by atoms with E-state index in [9.17, 15) is 5.11 Å². The molecule has 0 amide bonds. The quantitative estimate of drug-likeness (QED) is 0.755. The van der Waals surface area contributed by atoms with E-state index in [-0.39, 0.29) is 5.25 Å². The number of aliphatic imine (C=N–C) groups is 1. The molecular formula is C21H20N2O2S. The summed E-state index contributed by atoms with van der Waals surface area (Å²) < 4.78 is 6.01. The van der Waals surface area contributed by atoms with E-state index in [2.05, 4.69) is 23.0 Å². The minimum Gasteiger partial charge on any atom is -0.485 e. The molecule has 2 aromatic carbocycles. The maximum absolute atomic E-state index is 11.0. The van der Waals surface area contributed by atoms with E-state index in [1.165, 1.54) is 5.56 Å². The number of thioether (sulfide) groups is 1. The van der Waals surface area contributed by atoms with Gasteiger partial charge < -0.3 is 9.84 Å². The van der Waals surface area contributed by atoms with Gasteiger partial charge in [-0.15, -0.1) is 0 Å². The summed E-state index contributed by atoms with van der Waals surface area (Å²) in [4.78, 5) is 8.26. The van der Waals surface area contributed by atoms with Crippen LogP contribution in [-0.2, 0) is 6.42 Å². The van der Waals surface area contributed by atoms with Crippen molar-refractivity contribution in [1.82, 2.24) is 0 Å². The average Bonchev–Trinajstić information content (AvgIpc) is 2.65. The van der Waals surface area contributed by atoms with Gasteiger partial charge in [-0.1, -0.05) is 42.1 Å². The Morgan fingerprint density at radius 3 is 2.88 bits per heavy atom. The topological polar surface area (TPSA) is 46.2 Å². The molecule has 4 nitrogen and oxygen atoms in total. The highest BCUT2D eigenvalue weighted by Gasteiger charge is 2.44. The highest BCUT2D eigenvalue weighted by Crippen LogP contribution is 2.49. The van der Waals surface area contributed by atoms with E-state index in [0.717, 1.165) is 34.9 Å². The van der Waals surface area contributed by atoms with E-state index < -0.39 is 11.7 Å². The lowest BCUT2D eigenvalue weighted by atomic mass is 9.90. The fourth-order valence-corrected chi connectivity index (χ4v) is 4.96. The van der Waals surface area contributed by atoms with Crippen molar-refractivity contribution in [2.45, 2.75) is 37.2 Å². The molecule has 0 aromatic heterocycles. The minimum absolute atomic E-state index is 0.236.